The Bertz CT molecular complexity index is 318. The summed E-state index contributed by atoms with van der Waals surface area (Å²) in [6, 6.07) is -0.794. The maximum atomic E-state index is 11.5. The van der Waals surface area contributed by atoms with E-state index in [2.05, 4.69) is 5.32 Å². The van der Waals surface area contributed by atoms with Crippen LogP contribution in [-0.2, 0) is 23.9 Å². The number of nitrogens with one attached hydrogen (secondary N) is 1. The van der Waals surface area contributed by atoms with Crippen LogP contribution in [0.3, 0.4) is 0 Å². The van der Waals surface area contributed by atoms with Crippen molar-refractivity contribution in [1.29, 1.82) is 0 Å². The third-order valence-electron chi connectivity index (χ3n) is 2.33. The van der Waals surface area contributed by atoms with Crippen molar-refractivity contribution in [3.8, 4) is 0 Å². The maximum absolute atomic E-state index is 11.5. The highest BCUT2D eigenvalue weighted by atomic mass is 16.5. The SMILES string of the molecule is CCOC(=O)C1CN(CCOC)C(=O)C(=O)N1. The predicted octanol–water partition coefficient (Wildman–Crippen LogP) is -1.48. The van der Waals surface area contributed by atoms with Crippen LogP contribution in [0.5, 0.6) is 0 Å². The fourth-order valence-electron chi connectivity index (χ4n) is 1.48. The molecule has 1 unspecified atom stereocenters. The number of amides is 2. The normalized spacial score (nSPS) is 20.1. The second-order valence-electron chi connectivity index (χ2n) is 3.52. The highest BCUT2D eigenvalue weighted by Crippen LogP contribution is 2.03. The lowest BCUT2D eigenvalue weighted by molar-refractivity contribution is -0.156. The molecule has 0 aromatic rings. The Morgan fingerprint density at radius 1 is 1.53 bits per heavy atom. The number of nitrogens with zero attached hydrogens (tertiary/aromatic N) is 1. The molecule has 2 amide bonds. The summed E-state index contributed by atoms with van der Waals surface area (Å²) in [6.45, 7) is 2.62. The molecular weight excluding hydrogens is 228 g/mol. The van der Waals surface area contributed by atoms with Crippen LogP contribution in [0.15, 0.2) is 0 Å². The van der Waals surface area contributed by atoms with Crippen molar-refractivity contribution in [3.63, 3.8) is 0 Å². The number of piperazine rings is 1. The van der Waals surface area contributed by atoms with Gasteiger partial charge in [0.1, 0.15) is 6.04 Å². The van der Waals surface area contributed by atoms with E-state index in [4.69, 9.17) is 9.47 Å². The van der Waals surface area contributed by atoms with E-state index in [9.17, 15) is 14.4 Å². The van der Waals surface area contributed by atoms with Gasteiger partial charge < -0.3 is 19.7 Å². The Hall–Kier alpha value is -1.63. The highest BCUT2D eigenvalue weighted by Gasteiger charge is 2.36. The van der Waals surface area contributed by atoms with Gasteiger partial charge in [0, 0.05) is 13.7 Å². The second kappa shape index (κ2) is 6.19. The minimum Gasteiger partial charge on any atom is -0.464 e. The number of methoxy groups -OCH3 is 1. The standard InChI is InChI=1S/C10H16N2O5/c1-3-17-10(15)7-6-12(4-5-16-2)9(14)8(13)11-7/h7H,3-6H2,1-2H3,(H,11,13). The van der Waals surface area contributed by atoms with Gasteiger partial charge >= 0.3 is 17.8 Å². The zero-order chi connectivity index (χ0) is 12.8. The van der Waals surface area contributed by atoms with Crippen LogP contribution in [0, 0.1) is 0 Å². The van der Waals surface area contributed by atoms with E-state index in [1.807, 2.05) is 0 Å². The number of hydrogen-bond donors (Lipinski definition) is 1. The summed E-state index contributed by atoms with van der Waals surface area (Å²) in [4.78, 5) is 35.5. The second-order valence-corrected chi connectivity index (χ2v) is 3.52. The number of esters is 1. The largest absolute Gasteiger partial charge is 0.464 e. The molecule has 0 radical (unpaired) electrons. The van der Waals surface area contributed by atoms with E-state index in [1.54, 1.807) is 6.92 Å². The number of ether oxygens (including phenoxy) is 2. The minimum atomic E-state index is -0.794. The molecule has 0 aromatic carbocycles. The molecule has 96 valence electrons. The molecule has 1 N–H and O–H groups in total. The van der Waals surface area contributed by atoms with Crippen molar-refractivity contribution in [2.45, 2.75) is 13.0 Å². The van der Waals surface area contributed by atoms with E-state index >= 15 is 0 Å². The van der Waals surface area contributed by atoms with Gasteiger partial charge in [-0.05, 0) is 6.92 Å². The lowest BCUT2D eigenvalue weighted by atomic mass is 10.2. The van der Waals surface area contributed by atoms with E-state index < -0.39 is 23.8 Å². The first kappa shape index (κ1) is 13.4. The van der Waals surface area contributed by atoms with Crippen molar-refractivity contribution in [1.82, 2.24) is 10.2 Å². The molecule has 0 aromatic heterocycles. The van der Waals surface area contributed by atoms with E-state index in [0.29, 0.717) is 6.61 Å². The van der Waals surface area contributed by atoms with Gasteiger partial charge in [0.05, 0.1) is 19.8 Å². The quantitative estimate of drug-likeness (QED) is 0.471. The number of rotatable bonds is 5. The fourth-order valence-corrected chi connectivity index (χ4v) is 1.48. The van der Waals surface area contributed by atoms with Crippen molar-refractivity contribution < 1.29 is 23.9 Å². The van der Waals surface area contributed by atoms with Crippen LogP contribution in [0.25, 0.3) is 0 Å². The lowest BCUT2D eigenvalue weighted by Crippen LogP contribution is -2.61. The van der Waals surface area contributed by atoms with Crippen molar-refractivity contribution in [3.05, 3.63) is 0 Å². The molecule has 1 saturated heterocycles. The van der Waals surface area contributed by atoms with Gasteiger partial charge in [-0.15, -0.1) is 0 Å². The molecular formula is C10H16N2O5. The first-order valence-corrected chi connectivity index (χ1v) is 5.35. The summed E-state index contributed by atoms with van der Waals surface area (Å²) in [6.07, 6.45) is 0. The molecule has 0 aliphatic carbocycles. The minimum absolute atomic E-state index is 0.118. The Kier molecular flexibility index (Phi) is 4.89. The summed E-state index contributed by atoms with van der Waals surface area (Å²) < 4.78 is 9.62. The smallest absolute Gasteiger partial charge is 0.330 e. The van der Waals surface area contributed by atoms with Gasteiger partial charge in [-0.3, -0.25) is 9.59 Å². The van der Waals surface area contributed by atoms with E-state index in [-0.39, 0.29) is 19.7 Å². The Morgan fingerprint density at radius 3 is 2.82 bits per heavy atom. The van der Waals surface area contributed by atoms with Crippen LogP contribution in [0.4, 0.5) is 0 Å². The third kappa shape index (κ3) is 3.42. The molecule has 0 saturated carbocycles. The molecule has 1 heterocycles. The molecule has 17 heavy (non-hydrogen) atoms. The Balaban J connectivity index is 2.63. The monoisotopic (exact) mass is 244 g/mol. The van der Waals surface area contributed by atoms with Crippen molar-refractivity contribution in [2.75, 3.05) is 33.4 Å². The highest BCUT2D eigenvalue weighted by molar-refractivity contribution is 6.36. The molecule has 1 atom stereocenters. The van der Waals surface area contributed by atoms with E-state index in [0.717, 1.165) is 0 Å². The fraction of sp³-hybridized carbons (Fsp3) is 0.700. The zero-order valence-corrected chi connectivity index (χ0v) is 9.89. The summed E-state index contributed by atoms with van der Waals surface area (Å²) in [5, 5.41) is 2.31. The predicted molar refractivity (Wildman–Crippen MR) is 57.0 cm³/mol. The first-order chi connectivity index (χ1) is 8.10. The van der Waals surface area contributed by atoms with Gasteiger partial charge in [0.25, 0.3) is 0 Å². The topological polar surface area (TPSA) is 84.9 Å². The van der Waals surface area contributed by atoms with Gasteiger partial charge in [-0.1, -0.05) is 0 Å². The molecule has 7 nitrogen and oxygen atoms in total. The van der Waals surface area contributed by atoms with Crippen LogP contribution in [0.1, 0.15) is 6.92 Å². The molecule has 0 spiro atoms. The number of carbonyl (C=O) groups excluding carboxylic acids is 3. The van der Waals surface area contributed by atoms with Crippen molar-refractivity contribution in [2.24, 2.45) is 0 Å². The molecule has 0 bridgehead atoms. The Labute approximate surface area is 99.0 Å². The summed E-state index contributed by atoms with van der Waals surface area (Å²) in [5.41, 5.74) is 0. The Morgan fingerprint density at radius 2 is 2.24 bits per heavy atom. The molecule has 1 aliphatic rings. The number of hydrogen-bond acceptors (Lipinski definition) is 5. The van der Waals surface area contributed by atoms with Gasteiger partial charge in [-0.2, -0.15) is 0 Å². The summed E-state index contributed by atoms with van der Waals surface area (Å²) >= 11 is 0. The van der Waals surface area contributed by atoms with Crippen LogP contribution in [0.2, 0.25) is 0 Å². The van der Waals surface area contributed by atoms with Crippen molar-refractivity contribution >= 4 is 17.8 Å². The van der Waals surface area contributed by atoms with Crippen LogP contribution in [-0.4, -0.2) is 62.1 Å². The van der Waals surface area contributed by atoms with Crippen LogP contribution < -0.4 is 5.32 Å². The average Bonchev–Trinajstić information content (AvgIpc) is 2.31. The zero-order valence-electron chi connectivity index (χ0n) is 9.89. The van der Waals surface area contributed by atoms with Crippen LogP contribution >= 0.6 is 0 Å². The maximum Gasteiger partial charge on any atom is 0.330 e. The lowest BCUT2D eigenvalue weighted by Gasteiger charge is -2.31. The first-order valence-electron chi connectivity index (χ1n) is 5.35. The summed E-state index contributed by atoms with van der Waals surface area (Å²) in [5.74, 6) is -1.97. The van der Waals surface area contributed by atoms with Gasteiger partial charge in [-0.25, -0.2) is 4.79 Å². The number of carbonyl (C=O) groups is 3. The molecule has 7 heteroatoms. The third-order valence-corrected chi connectivity index (χ3v) is 2.33. The van der Waals surface area contributed by atoms with Gasteiger partial charge in [0.2, 0.25) is 0 Å². The molecule has 1 aliphatic heterocycles. The summed E-state index contributed by atoms with van der Waals surface area (Å²) in [7, 11) is 1.50. The average molecular weight is 244 g/mol. The van der Waals surface area contributed by atoms with Gasteiger partial charge in [0.15, 0.2) is 0 Å². The molecule has 1 fully saturated rings. The van der Waals surface area contributed by atoms with E-state index in [1.165, 1.54) is 12.0 Å². The molecule has 1 rings (SSSR count).